The van der Waals surface area contributed by atoms with E-state index in [9.17, 15) is 4.79 Å². The Bertz CT molecular complexity index is 376. The van der Waals surface area contributed by atoms with Crippen LogP contribution in [0.2, 0.25) is 0 Å². The highest BCUT2D eigenvalue weighted by Gasteiger charge is 2.31. The predicted molar refractivity (Wildman–Crippen MR) is 64.4 cm³/mol. The van der Waals surface area contributed by atoms with Gasteiger partial charge in [0.2, 0.25) is 5.91 Å². The molecular formula is C13H18N2O. The maximum Gasteiger partial charge on any atom is 0.227 e. The van der Waals surface area contributed by atoms with Crippen molar-refractivity contribution in [1.82, 2.24) is 10.6 Å². The molecule has 1 atom stereocenters. The fraction of sp³-hybridized carbons (Fsp3) is 0.462. The lowest BCUT2D eigenvalue weighted by molar-refractivity contribution is -0.123. The standard InChI is InChI=1S/C13H18N2O/c1-14-7-4-8-15-13(16)12-9-10-5-2-3-6-11(10)12/h2-3,5-6,12,14H,4,7-9H2,1H3,(H,15,16). The van der Waals surface area contributed by atoms with E-state index in [1.165, 1.54) is 11.1 Å². The van der Waals surface area contributed by atoms with Crippen molar-refractivity contribution < 1.29 is 4.79 Å². The van der Waals surface area contributed by atoms with Crippen molar-refractivity contribution in [3.05, 3.63) is 35.4 Å². The van der Waals surface area contributed by atoms with Crippen LogP contribution in [0.1, 0.15) is 23.5 Å². The second kappa shape index (κ2) is 5.12. The van der Waals surface area contributed by atoms with Crippen LogP contribution >= 0.6 is 0 Å². The molecule has 0 bridgehead atoms. The third kappa shape index (κ3) is 2.25. The molecule has 0 aliphatic heterocycles. The molecule has 1 aromatic rings. The number of carbonyl (C=O) groups is 1. The van der Waals surface area contributed by atoms with E-state index in [0.29, 0.717) is 0 Å². The fourth-order valence-corrected chi connectivity index (χ4v) is 2.09. The van der Waals surface area contributed by atoms with E-state index in [1.807, 2.05) is 19.2 Å². The summed E-state index contributed by atoms with van der Waals surface area (Å²) in [5.74, 6) is 0.264. The van der Waals surface area contributed by atoms with Crippen LogP contribution in [0.15, 0.2) is 24.3 Å². The van der Waals surface area contributed by atoms with Gasteiger partial charge in [-0.1, -0.05) is 24.3 Å². The van der Waals surface area contributed by atoms with Gasteiger partial charge in [-0.25, -0.2) is 0 Å². The maximum atomic E-state index is 11.8. The average molecular weight is 218 g/mol. The van der Waals surface area contributed by atoms with Crippen molar-refractivity contribution in [2.24, 2.45) is 0 Å². The second-order valence-corrected chi connectivity index (χ2v) is 4.20. The molecule has 1 amide bonds. The van der Waals surface area contributed by atoms with Crippen molar-refractivity contribution in [3.63, 3.8) is 0 Å². The quantitative estimate of drug-likeness (QED) is 0.725. The summed E-state index contributed by atoms with van der Waals surface area (Å²) in [6.07, 6.45) is 1.88. The van der Waals surface area contributed by atoms with Crippen LogP contribution in [0.4, 0.5) is 0 Å². The van der Waals surface area contributed by atoms with E-state index >= 15 is 0 Å². The summed E-state index contributed by atoms with van der Waals surface area (Å²) in [5, 5.41) is 6.04. The highest BCUT2D eigenvalue weighted by molar-refractivity contribution is 5.86. The topological polar surface area (TPSA) is 41.1 Å². The third-order valence-electron chi connectivity index (χ3n) is 3.07. The summed E-state index contributed by atoms with van der Waals surface area (Å²) >= 11 is 0. The number of carbonyl (C=O) groups excluding carboxylic acids is 1. The Labute approximate surface area is 96.2 Å². The molecule has 1 aliphatic carbocycles. The van der Waals surface area contributed by atoms with Crippen molar-refractivity contribution >= 4 is 5.91 Å². The van der Waals surface area contributed by atoms with Gasteiger partial charge in [-0.05, 0) is 37.6 Å². The van der Waals surface area contributed by atoms with Crippen LogP contribution in [-0.2, 0) is 11.2 Å². The molecule has 1 unspecified atom stereocenters. The summed E-state index contributed by atoms with van der Waals surface area (Å²) in [4.78, 5) is 11.8. The van der Waals surface area contributed by atoms with Crippen LogP contribution in [0.25, 0.3) is 0 Å². The maximum absolute atomic E-state index is 11.8. The lowest BCUT2D eigenvalue weighted by Gasteiger charge is -2.28. The molecule has 0 spiro atoms. The summed E-state index contributed by atoms with van der Waals surface area (Å²) in [7, 11) is 1.92. The van der Waals surface area contributed by atoms with Gasteiger partial charge < -0.3 is 10.6 Å². The Morgan fingerprint density at radius 2 is 2.19 bits per heavy atom. The summed E-state index contributed by atoms with van der Waals surface area (Å²) in [6, 6.07) is 8.18. The van der Waals surface area contributed by atoms with E-state index in [2.05, 4.69) is 22.8 Å². The Morgan fingerprint density at radius 3 is 2.94 bits per heavy atom. The molecule has 0 radical (unpaired) electrons. The van der Waals surface area contributed by atoms with Crippen LogP contribution in [0.3, 0.4) is 0 Å². The number of benzene rings is 1. The summed E-state index contributed by atoms with van der Waals surface area (Å²) in [6.45, 7) is 1.71. The van der Waals surface area contributed by atoms with Gasteiger partial charge in [0.05, 0.1) is 5.92 Å². The van der Waals surface area contributed by atoms with Crippen LogP contribution in [0.5, 0.6) is 0 Å². The zero-order valence-corrected chi connectivity index (χ0v) is 9.62. The SMILES string of the molecule is CNCCCNC(=O)C1Cc2ccccc21. The first-order valence-corrected chi connectivity index (χ1v) is 5.83. The zero-order chi connectivity index (χ0) is 11.4. The van der Waals surface area contributed by atoms with Gasteiger partial charge in [0, 0.05) is 6.54 Å². The normalized spacial score (nSPS) is 17.4. The minimum atomic E-state index is 0.0887. The first-order valence-electron chi connectivity index (χ1n) is 5.83. The van der Waals surface area contributed by atoms with E-state index in [1.54, 1.807) is 0 Å². The number of amides is 1. The molecule has 3 nitrogen and oxygen atoms in total. The largest absolute Gasteiger partial charge is 0.356 e. The first kappa shape index (κ1) is 11.1. The molecule has 3 heteroatoms. The zero-order valence-electron chi connectivity index (χ0n) is 9.62. The third-order valence-corrected chi connectivity index (χ3v) is 3.07. The molecule has 0 saturated heterocycles. The van der Waals surface area contributed by atoms with Gasteiger partial charge in [-0.2, -0.15) is 0 Å². The Kier molecular flexibility index (Phi) is 3.57. The molecular weight excluding hydrogens is 200 g/mol. The lowest BCUT2D eigenvalue weighted by atomic mass is 9.77. The highest BCUT2D eigenvalue weighted by atomic mass is 16.1. The molecule has 86 valence electrons. The van der Waals surface area contributed by atoms with Crippen molar-refractivity contribution in [1.29, 1.82) is 0 Å². The van der Waals surface area contributed by atoms with E-state index in [4.69, 9.17) is 0 Å². The molecule has 1 aromatic carbocycles. The first-order chi connectivity index (χ1) is 7.83. The predicted octanol–water partition coefficient (Wildman–Crippen LogP) is 1.05. The summed E-state index contributed by atoms with van der Waals surface area (Å²) < 4.78 is 0. The average Bonchev–Trinajstić information content (AvgIpc) is 2.26. The number of hydrogen-bond donors (Lipinski definition) is 2. The number of rotatable bonds is 5. The fourth-order valence-electron chi connectivity index (χ4n) is 2.09. The smallest absolute Gasteiger partial charge is 0.227 e. The van der Waals surface area contributed by atoms with Gasteiger partial charge >= 0.3 is 0 Å². The van der Waals surface area contributed by atoms with E-state index in [-0.39, 0.29) is 11.8 Å². The van der Waals surface area contributed by atoms with Gasteiger partial charge in [0.15, 0.2) is 0 Å². The Hall–Kier alpha value is -1.35. The van der Waals surface area contributed by atoms with Gasteiger partial charge in [-0.15, -0.1) is 0 Å². The Morgan fingerprint density at radius 1 is 1.38 bits per heavy atom. The molecule has 2 N–H and O–H groups in total. The van der Waals surface area contributed by atoms with Crippen molar-refractivity contribution in [3.8, 4) is 0 Å². The van der Waals surface area contributed by atoms with E-state index in [0.717, 1.165) is 25.9 Å². The lowest BCUT2D eigenvalue weighted by Crippen LogP contribution is -2.36. The van der Waals surface area contributed by atoms with Crippen LogP contribution < -0.4 is 10.6 Å². The highest BCUT2D eigenvalue weighted by Crippen LogP contribution is 2.34. The summed E-state index contributed by atoms with van der Waals surface area (Å²) in [5.41, 5.74) is 2.52. The molecule has 2 rings (SSSR count). The van der Waals surface area contributed by atoms with Crippen molar-refractivity contribution in [2.45, 2.75) is 18.8 Å². The number of fused-ring (bicyclic) bond motifs is 1. The molecule has 1 aliphatic rings. The molecule has 0 heterocycles. The van der Waals surface area contributed by atoms with E-state index < -0.39 is 0 Å². The molecule has 0 saturated carbocycles. The molecule has 16 heavy (non-hydrogen) atoms. The van der Waals surface area contributed by atoms with Gasteiger partial charge in [0.25, 0.3) is 0 Å². The van der Waals surface area contributed by atoms with Gasteiger partial charge in [0.1, 0.15) is 0 Å². The number of hydrogen-bond acceptors (Lipinski definition) is 2. The van der Waals surface area contributed by atoms with Gasteiger partial charge in [-0.3, -0.25) is 4.79 Å². The minimum absolute atomic E-state index is 0.0887. The van der Waals surface area contributed by atoms with Crippen LogP contribution in [-0.4, -0.2) is 26.0 Å². The number of nitrogens with one attached hydrogen (secondary N) is 2. The minimum Gasteiger partial charge on any atom is -0.356 e. The van der Waals surface area contributed by atoms with Crippen LogP contribution in [0, 0.1) is 0 Å². The monoisotopic (exact) mass is 218 g/mol. The Balaban J connectivity index is 1.80. The second-order valence-electron chi connectivity index (χ2n) is 4.20. The molecule has 0 aromatic heterocycles. The van der Waals surface area contributed by atoms with Crippen molar-refractivity contribution in [2.75, 3.05) is 20.1 Å². The molecule has 0 fully saturated rings.